The second kappa shape index (κ2) is 5.05. The predicted octanol–water partition coefficient (Wildman–Crippen LogP) is 2.83. The van der Waals surface area contributed by atoms with E-state index in [1.807, 2.05) is 19.9 Å². The van der Waals surface area contributed by atoms with Gasteiger partial charge in [-0.15, -0.1) is 0 Å². The molecule has 0 atom stereocenters. The van der Waals surface area contributed by atoms with E-state index in [9.17, 15) is 4.79 Å². The first-order valence-electron chi connectivity index (χ1n) is 5.10. The summed E-state index contributed by atoms with van der Waals surface area (Å²) in [7, 11) is 0. The Kier molecular flexibility index (Phi) is 4.00. The normalized spacial score (nSPS) is 17.9. The molecule has 0 aromatic rings. The number of carbonyl (C=O) groups excluding carboxylic acids is 1. The molecular weight excluding hydrogens is 164 g/mol. The maximum atomic E-state index is 11.5. The van der Waals surface area contributed by atoms with Gasteiger partial charge in [-0.25, -0.2) is 4.79 Å². The van der Waals surface area contributed by atoms with Crippen molar-refractivity contribution in [2.75, 3.05) is 0 Å². The first kappa shape index (κ1) is 10.3. The molecule has 0 amide bonds. The summed E-state index contributed by atoms with van der Waals surface area (Å²) in [5.74, 6) is -0.114. The number of esters is 1. The van der Waals surface area contributed by atoms with Gasteiger partial charge in [0.1, 0.15) is 0 Å². The number of carbonyl (C=O) groups is 1. The zero-order chi connectivity index (χ0) is 9.68. The molecule has 0 fully saturated rings. The summed E-state index contributed by atoms with van der Waals surface area (Å²) in [6.07, 6.45) is 7.52. The summed E-state index contributed by atoms with van der Waals surface area (Å²) in [6, 6.07) is 0. The molecule has 0 spiro atoms. The van der Waals surface area contributed by atoms with Crippen LogP contribution in [0.25, 0.3) is 0 Å². The average molecular weight is 182 g/mol. The molecule has 74 valence electrons. The number of hydrogen-bond acceptors (Lipinski definition) is 2. The molecule has 0 aromatic carbocycles. The summed E-state index contributed by atoms with van der Waals surface area (Å²) in [5, 5.41) is 0. The third kappa shape index (κ3) is 3.62. The fraction of sp³-hybridized carbons (Fsp3) is 0.727. The number of rotatable bonds is 2. The van der Waals surface area contributed by atoms with Gasteiger partial charge in [0.2, 0.25) is 0 Å². The van der Waals surface area contributed by atoms with E-state index in [2.05, 4.69) is 0 Å². The Hall–Kier alpha value is -0.790. The van der Waals surface area contributed by atoms with Crippen LogP contribution in [0.4, 0.5) is 0 Å². The van der Waals surface area contributed by atoms with E-state index in [-0.39, 0.29) is 12.1 Å². The van der Waals surface area contributed by atoms with Gasteiger partial charge in [0, 0.05) is 5.57 Å². The molecule has 0 aromatic heterocycles. The highest BCUT2D eigenvalue weighted by Gasteiger charge is 2.13. The molecule has 2 nitrogen and oxygen atoms in total. The monoisotopic (exact) mass is 182 g/mol. The van der Waals surface area contributed by atoms with Crippen LogP contribution in [0.1, 0.15) is 46.0 Å². The highest BCUT2D eigenvalue weighted by Crippen LogP contribution is 2.18. The van der Waals surface area contributed by atoms with E-state index in [0.29, 0.717) is 0 Å². The van der Waals surface area contributed by atoms with Crippen molar-refractivity contribution in [1.82, 2.24) is 0 Å². The number of allylic oxidation sites excluding steroid dienone is 1. The maximum Gasteiger partial charge on any atom is 0.333 e. The van der Waals surface area contributed by atoms with Crippen molar-refractivity contribution in [3.63, 3.8) is 0 Å². The van der Waals surface area contributed by atoms with Crippen molar-refractivity contribution >= 4 is 5.97 Å². The lowest BCUT2D eigenvalue weighted by Crippen LogP contribution is -2.13. The fourth-order valence-electron chi connectivity index (χ4n) is 1.49. The van der Waals surface area contributed by atoms with E-state index in [0.717, 1.165) is 24.8 Å². The summed E-state index contributed by atoms with van der Waals surface area (Å²) >= 11 is 0. The second-order valence-corrected chi connectivity index (χ2v) is 3.78. The number of ether oxygens (including phenoxy) is 1. The van der Waals surface area contributed by atoms with Gasteiger partial charge in [0.25, 0.3) is 0 Å². The van der Waals surface area contributed by atoms with Crippen molar-refractivity contribution < 1.29 is 9.53 Å². The fourth-order valence-corrected chi connectivity index (χ4v) is 1.49. The lowest BCUT2D eigenvalue weighted by molar-refractivity contribution is -0.142. The highest BCUT2D eigenvalue weighted by atomic mass is 16.5. The van der Waals surface area contributed by atoms with Gasteiger partial charge in [0.05, 0.1) is 6.10 Å². The minimum absolute atomic E-state index is 0.00310. The van der Waals surface area contributed by atoms with E-state index in [1.54, 1.807) is 0 Å². The van der Waals surface area contributed by atoms with E-state index >= 15 is 0 Å². The van der Waals surface area contributed by atoms with Crippen LogP contribution in [-0.4, -0.2) is 12.1 Å². The quantitative estimate of drug-likeness (QED) is 0.614. The molecule has 0 aliphatic heterocycles. The van der Waals surface area contributed by atoms with E-state index in [1.165, 1.54) is 12.8 Å². The Morgan fingerprint density at radius 1 is 1.38 bits per heavy atom. The molecule has 1 aliphatic carbocycles. The van der Waals surface area contributed by atoms with Crippen LogP contribution in [0.2, 0.25) is 0 Å². The number of hydrogen-bond donors (Lipinski definition) is 0. The van der Waals surface area contributed by atoms with Gasteiger partial charge < -0.3 is 4.74 Å². The molecule has 0 N–H and O–H groups in total. The molecule has 0 unspecified atom stereocenters. The van der Waals surface area contributed by atoms with Crippen molar-refractivity contribution in [2.45, 2.75) is 52.1 Å². The first-order valence-corrected chi connectivity index (χ1v) is 5.10. The molecule has 0 saturated heterocycles. The molecule has 0 saturated carbocycles. The average Bonchev–Trinajstić information content (AvgIpc) is 2.29. The third-order valence-corrected chi connectivity index (χ3v) is 2.15. The molecular formula is C11H18O2. The summed E-state index contributed by atoms with van der Waals surface area (Å²) < 4.78 is 5.14. The van der Waals surface area contributed by atoms with Gasteiger partial charge in [-0.05, 0) is 39.5 Å². The SMILES string of the molecule is CC(C)OC(=O)C1=CCCCCC1. The zero-order valence-corrected chi connectivity index (χ0v) is 8.51. The van der Waals surface area contributed by atoms with Crippen LogP contribution in [-0.2, 0) is 9.53 Å². The minimum Gasteiger partial charge on any atom is -0.460 e. The summed E-state index contributed by atoms with van der Waals surface area (Å²) in [4.78, 5) is 11.5. The van der Waals surface area contributed by atoms with E-state index in [4.69, 9.17) is 4.74 Å². The Balaban J connectivity index is 2.48. The molecule has 0 heterocycles. The topological polar surface area (TPSA) is 26.3 Å². The molecule has 2 heteroatoms. The molecule has 13 heavy (non-hydrogen) atoms. The van der Waals surface area contributed by atoms with Crippen molar-refractivity contribution in [2.24, 2.45) is 0 Å². The standard InChI is InChI=1S/C11H18O2/c1-9(2)13-11(12)10-7-5-3-4-6-8-10/h7,9H,3-6,8H2,1-2H3. The van der Waals surface area contributed by atoms with Crippen LogP contribution < -0.4 is 0 Å². The van der Waals surface area contributed by atoms with Gasteiger partial charge in [-0.3, -0.25) is 0 Å². The smallest absolute Gasteiger partial charge is 0.333 e. The van der Waals surface area contributed by atoms with Crippen molar-refractivity contribution in [3.05, 3.63) is 11.6 Å². The minimum atomic E-state index is -0.114. The van der Waals surface area contributed by atoms with Gasteiger partial charge in [0.15, 0.2) is 0 Å². The Labute approximate surface area is 80.0 Å². The van der Waals surface area contributed by atoms with E-state index < -0.39 is 0 Å². The maximum absolute atomic E-state index is 11.5. The Bertz CT molecular complexity index is 204. The lowest BCUT2D eigenvalue weighted by Gasteiger charge is -2.09. The van der Waals surface area contributed by atoms with Crippen molar-refractivity contribution in [1.29, 1.82) is 0 Å². The zero-order valence-electron chi connectivity index (χ0n) is 8.51. The predicted molar refractivity (Wildman–Crippen MR) is 52.4 cm³/mol. The Morgan fingerprint density at radius 3 is 2.85 bits per heavy atom. The van der Waals surface area contributed by atoms with Crippen LogP contribution >= 0.6 is 0 Å². The van der Waals surface area contributed by atoms with Crippen molar-refractivity contribution in [3.8, 4) is 0 Å². The van der Waals surface area contributed by atoms with Crippen LogP contribution in [0, 0.1) is 0 Å². The molecule has 0 bridgehead atoms. The third-order valence-electron chi connectivity index (χ3n) is 2.15. The van der Waals surface area contributed by atoms with Gasteiger partial charge >= 0.3 is 5.97 Å². The molecule has 1 aliphatic rings. The van der Waals surface area contributed by atoms with Crippen LogP contribution in [0.15, 0.2) is 11.6 Å². The summed E-state index contributed by atoms with van der Waals surface area (Å²) in [6.45, 7) is 3.77. The van der Waals surface area contributed by atoms with Gasteiger partial charge in [-0.2, -0.15) is 0 Å². The Morgan fingerprint density at radius 2 is 2.15 bits per heavy atom. The highest BCUT2D eigenvalue weighted by molar-refractivity contribution is 5.88. The second-order valence-electron chi connectivity index (χ2n) is 3.78. The van der Waals surface area contributed by atoms with Gasteiger partial charge in [-0.1, -0.05) is 12.5 Å². The largest absolute Gasteiger partial charge is 0.460 e. The van der Waals surface area contributed by atoms with Crippen LogP contribution in [0.3, 0.4) is 0 Å². The summed E-state index contributed by atoms with van der Waals surface area (Å²) in [5.41, 5.74) is 0.881. The molecule has 1 rings (SSSR count). The first-order chi connectivity index (χ1) is 6.20. The van der Waals surface area contributed by atoms with Crippen LogP contribution in [0.5, 0.6) is 0 Å². The molecule has 0 radical (unpaired) electrons. The lowest BCUT2D eigenvalue weighted by atomic mass is 10.1.